The molecule has 7 nitrogen and oxygen atoms in total. The highest BCUT2D eigenvalue weighted by Gasteiger charge is 2.26. The minimum Gasteiger partial charge on any atom is -0.373 e. The molecule has 2 heterocycles. The van der Waals surface area contributed by atoms with Crippen molar-refractivity contribution in [2.24, 2.45) is 0 Å². The highest BCUT2D eigenvalue weighted by Crippen LogP contribution is 2.01. The second kappa shape index (κ2) is 7.48. The molecule has 1 N–H and O–H groups in total. The van der Waals surface area contributed by atoms with Crippen molar-refractivity contribution >= 4 is 16.1 Å². The van der Waals surface area contributed by atoms with Gasteiger partial charge in [-0.3, -0.25) is 4.55 Å². The summed E-state index contributed by atoms with van der Waals surface area (Å²) in [4.78, 5) is 13.8. The topological polar surface area (TPSA) is 87.8 Å². The molecule has 0 spiro atoms. The van der Waals surface area contributed by atoms with Gasteiger partial charge in [0.2, 0.25) is 0 Å². The average Bonchev–Trinajstić information content (AvgIpc) is 2.45. The molecule has 21 heavy (non-hydrogen) atoms. The van der Waals surface area contributed by atoms with E-state index in [-0.39, 0.29) is 25.6 Å². The van der Waals surface area contributed by atoms with Gasteiger partial charge >= 0.3 is 6.03 Å². The maximum absolute atomic E-state index is 12.1. The van der Waals surface area contributed by atoms with Crippen LogP contribution >= 0.6 is 0 Å². The van der Waals surface area contributed by atoms with Crippen LogP contribution in [0.2, 0.25) is 0 Å². The van der Waals surface area contributed by atoms with Gasteiger partial charge in [0.15, 0.2) is 0 Å². The van der Waals surface area contributed by atoms with Gasteiger partial charge in [0.05, 0.1) is 31.4 Å². The quantitative estimate of drug-likeness (QED) is 0.641. The van der Waals surface area contributed by atoms with E-state index in [2.05, 4.69) is 0 Å². The molecule has 0 atom stereocenters. The molecule has 118 valence electrons. The number of hydrogen-bond acceptors (Lipinski definition) is 4. The average molecular weight is 317 g/mol. The zero-order chi connectivity index (χ0) is 14.6. The van der Waals surface area contributed by atoms with E-state index < -0.39 is 10.1 Å². The molecule has 2 rings (SSSR count). The van der Waals surface area contributed by atoms with Crippen LogP contribution in [0.4, 0.5) is 4.79 Å². The maximum atomic E-state index is 12.1. The predicted molar refractivity (Wildman–Crippen MR) is 76.7 cm³/mol. The first-order valence-electron chi connectivity index (χ1n) is 6.28. The number of carbonyl (C=O) groups is 1. The van der Waals surface area contributed by atoms with Crippen molar-refractivity contribution in [3.05, 3.63) is 30.1 Å². The SMILES string of the molecule is C.O=C(N1CCOCC1)[n+]1ccc(CCS(=O)(=O)O)cc1. The lowest BCUT2D eigenvalue weighted by atomic mass is 10.2. The molecular formula is C13H21N2O5S+. The van der Waals surface area contributed by atoms with Gasteiger partial charge in [0, 0.05) is 0 Å². The second-order valence-electron chi connectivity index (χ2n) is 4.53. The molecule has 0 bridgehead atoms. The molecule has 0 aromatic carbocycles. The van der Waals surface area contributed by atoms with Crippen LogP contribution in [0, 0.1) is 0 Å². The van der Waals surface area contributed by atoms with Crippen molar-refractivity contribution in [3.63, 3.8) is 0 Å². The summed E-state index contributed by atoms with van der Waals surface area (Å²) in [5.41, 5.74) is 0.744. The maximum Gasteiger partial charge on any atom is 0.498 e. The van der Waals surface area contributed by atoms with Gasteiger partial charge < -0.3 is 4.74 Å². The smallest absolute Gasteiger partial charge is 0.373 e. The molecule has 0 radical (unpaired) electrons. The zero-order valence-electron chi connectivity index (χ0n) is 10.9. The highest BCUT2D eigenvalue weighted by atomic mass is 32.2. The molecular weight excluding hydrogens is 296 g/mol. The van der Waals surface area contributed by atoms with Gasteiger partial charge in [-0.05, 0) is 24.1 Å². The van der Waals surface area contributed by atoms with Gasteiger partial charge in [-0.25, -0.2) is 4.90 Å². The summed E-state index contributed by atoms with van der Waals surface area (Å²) in [5, 5.41) is 0. The standard InChI is InChI=1S/C12H16N2O5S.CH4/c15-12(14-6-8-19-9-7-14)13-4-1-11(2-5-13)3-10-20(16,17)18;/h1-2,4-5H,3,6-10H2;1H4/p+1. The number of morpholine rings is 1. The number of nitrogens with zero attached hydrogens (tertiary/aromatic N) is 2. The Hall–Kier alpha value is -1.51. The molecule has 0 unspecified atom stereocenters. The molecule has 0 aliphatic carbocycles. The van der Waals surface area contributed by atoms with Crippen LogP contribution in [0.5, 0.6) is 0 Å². The van der Waals surface area contributed by atoms with E-state index >= 15 is 0 Å². The third-order valence-corrected chi connectivity index (χ3v) is 3.77. The Morgan fingerprint density at radius 3 is 2.38 bits per heavy atom. The van der Waals surface area contributed by atoms with Gasteiger partial charge in [-0.1, -0.05) is 7.43 Å². The lowest BCUT2D eigenvalue weighted by Crippen LogP contribution is -2.55. The number of ether oxygens (including phenoxy) is 1. The lowest BCUT2D eigenvalue weighted by Gasteiger charge is -2.19. The Kier molecular flexibility index (Phi) is 6.25. The summed E-state index contributed by atoms with van der Waals surface area (Å²) in [5.74, 6) is -0.325. The van der Waals surface area contributed by atoms with Gasteiger partial charge in [0.25, 0.3) is 10.1 Å². The number of aromatic nitrogens is 1. The summed E-state index contributed by atoms with van der Waals surface area (Å²) in [6, 6.07) is 3.21. The van der Waals surface area contributed by atoms with Crippen LogP contribution in [-0.4, -0.2) is 56.0 Å². The number of amides is 1. The zero-order valence-corrected chi connectivity index (χ0v) is 11.8. The largest absolute Gasteiger partial charge is 0.498 e. The molecule has 8 heteroatoms. The molecule has 1 aromatic rings. The third-order valence-electron chi connectivity index (χ3n) is 3.05. The minimum atomic E-state index is -3.96. The molecule has 1 amide bonds. The van der Waals surface area contributed by atoms with Crippen LogP contribution in [0.15, 0.2) is 24.5 Å². The van der Waals surface area contributed by atoms with Crippen LogP contribution in [-0.2, 0) is 21.3 Å². The van der Waals surface area contributed by atoms with E-state index in [1.165, 1.54) is 4.57 Å². The highest BCUT2D eigenvalue weighted by molar-refractivity contribution is 7.85. The van der Waals surface area contributed by atoms with Crippen molar-refractivity contribution in [3.8, 4) is 0 Å². The summed E-state index contributed by atoms with van der Waals surface area (Å²) in [7, 11) is -3.96. The Morgan fingerprint density at radius 1 is 1.29 bits per heavy atom. The fourth-order valence-electron chi connectivity index (χ4n) is 1.92. The normalized spacial score (nSPS) is 15.4. The number of pyridine rings is 1. The van der Waals surface area contributed by atoms with Crippen LogP contribution < -0.4 is 4.57 Å². The van der Waals surface area contributed by atoms with Gasteiger partial charge in [0.1, 0.15) is 13.1 Å². The summed E-state index contributed by atoms with van der Waals surface area (Å²) in [6.45, 7) is 2.21. The van der Waals surface area contributed by atoms with E-state index in [9.17, 15) is 13.2 Å². The Morgan fingerprint density at radius 2 is 1.86 bits per heavy atom. The molecule has 1 saturated heterocycles. The van der Waals surface area contributed by atoms with E-state index in [1.54, 1.807) is 29.4 Å². The number of rotatable bonds is 3. The van der Waals surface area contributed by atoms with Crippen LogP contribution in [0.25, 0.3) is 0 Å². The van der Waals surface area contributed by atoms with Crippen molar-refractivity contribution in [1.29, 1.82) is 0 Å². The first-order valence-corrected chi connectivity index (χ1v) is 7.89. The Bertz CT molecular complexity index is 565. The van der Waals surface area contributed by atoms with E-state index in [1.807, 2.05) is 0 Å². The summed E-state index contributed by atoms with van der Waals surface area (Å²) in [6.07, 6.45) is 3.40. The molecule has 1 aromatic heterocycles. The molecule has 1 fully saturated rings. The monoisotopic (exact) mass is 317 g/mol. The third kappa shape index (κ3) is 5.41. The minimum absolute atomic E-state index is 0. The van der Waals surface area contributed by atoms with E-state index in [0.29, 0.717) is 26.3 Å². The van der Waals surface area contributed by atoms with Crippen molar-refractivity contribution in [2.75, 3.05) is 32.1 Å². The van der Waals surface area contributed by atoms with E-state index in [4.69, 9.17) is 9.29 Å². The van der Waals surface area contributed by atoms with Gasteiger partial charge in [-0.15, -0.1) is 0 Å². The second-order valence-corrected chi connectivity index (χ2v) is 6.10. The lowest BCUT2D eigenvalue weighted by molar-refractivity contribution is -0.578. The fourth-order valence-corrected chi connectivity index (χ4v) is 2.41. The first kappa shape index (κ1) is 17.5. The van der Waals surface area contributed by atoms with Crippen LogP contribution in [0.1, 0.15) is 13.0 Å². The number of carbonyl (C=O) groups excluding carboxylic acids is 1. The summed E-state index contributed by atoms with van der Waals surface area (Å²) >= 11 is 0. The fraction of sp³-hybridized carbons (Fsp3) is 0.538. The molecule has 1 aliphatic rings. The van der Waals surface area contributed by atoms with Crippen molar-refractivity contribution in [2.45, 2.75) is 13.8 Å². The Labute approximate surface area is 124 Å². The van der Waals surface area contributed by atoms with Crippen LogP contribution in [0.3, 0.4) is 0 Å². The Balaban J connectivity index is 0.00000220. The summed E-state index contributed by atoms with van der Waals surface area (Å²) < 4.78 is 36.6. The van der Waals surface area contributed by atoms with Crippen molar-refractivity contribution < 1.29 is 27.1 Å². The molecule has 1 aliphatic heterocycles. The van der Waals surface area contributed by atoms with Gasteiger partial charge in [-0.2, -0.15) is 17.8 Å². The van der Waals surface area contributed by atoms with Crippen molar-refractivity contribution in [1.82, 2.24) is 4.90 Å². The number of aryl methyl sites for hydroxylation is 1. The number of hydrogen-bond donors (Lipinski definition) is 1. The van der Waals surface area contributed by atoms with E-state index in [0.717, 1.165) is 5.56 Å². The predicted octanol–water partition coefficient (Wildman–Crippen LogP) is 0.341. The molecule has 0 saturated carbocycles. The first-order chi connectivity index (χ1) is 9.46.